The Bertz CT molecular complexity index is 550. The van der Waals surface area contributed by atoms with Gasteiger partial charge in [-0.3, -0.25) is 9.59 Å². The molecule has 126 valence electrons. The van der Waals surface area contributed by atoms with Crippen molar-refractivity contribution in [3.63, 3.8) is 0 Å². The van der Waals surface area contributed by atoms with Crippen molar-refractivity contribution in [3.8, 4) is 0 Å². The molecule has 0 heterocycles. The van der Waals surface area contributed by atoms with Crippen molar-refractivity contribution in [2.45, 2.75) is 31.5 Å². The second kappa shape index (κ2) is 9.16. The molecule has 7 nitrogen and oxygen atoms in total. The monoisotopic (exact) mass is 340 g/mol. The van der Waals surface area contributed by atoms with Crippen LogP contribution in [0.3, 0.4) is 0 Å². The molecule has 0 saturated heterocycles. The first-order chi connectivity index (χ1) is 10.8. The van der Waals surface area contributed by atoms with E-state index in [4.69, 9.17) is 0 Å². The second-order valence-corrected chi connectivity index (χ2v) is 5.35. The third-order valence-electron chi connectivity index (χ3n) is 3.12. The van der Waals surface area contributed by atoms with E-state index in [1.165, 1.54) is 6.92 Å². The van der Waals surface area contributed by atoms with Crippen LogP contribution in [0.5, 0.6) is 0 Å². The fourth-order valence-electron chi connectivity index (χ4n) is 1.94. The highest BCUT2D eigenvalue weighted by Crippen LogP contribution is 2.04. The number of thiol groups is 1. The third kappa shape index (κ3) is 6.29. The Morgan fingerprint density at radius 3 is 2.26 bits per heavy atom. The van der Waals surface area contributed by atoms with Gasteiger partial charge in [0.25, 0.3) is 0 Å². The Labute approximate surface area is 139 Å². The summed E-state index contributed by atoms with van der Waals surface area (Å²) in [4.78, 5) is 34.8. The number of carbonyl (C=O) groups excluding carboxylic acids is 2. The van der Waals surface area contributed by atoms with Crippen LogP contribution in [0.1, 0.15) is 12.5 Å². The van der Waals surface area contributed by atoms with Gasteiger partial charge >= 0.3 is 5.97 Å². The topological polar surface area (TPSA) is 116 Å². The van der Waals surface area contributed by atoms with E-state index in [1.807, 2.05) is 0 Å². The summed E-state index contributed by atoms with van der Waals surface area (Å²) in [6.07, 6.45) is -1.08. The highest BCUT2D eigenvalue weighted by atomic mass is 32.1. The lowest BCUT2D eigenvalue weighted by Crippen LogP contribution is -2.56. The fourth-order valence-corrected chi connectivity index (χ4v) is 2.03. The molecule has 2 amide bonds. The highest BCUT2D eigenvalue weighted by molar-refractivity contribution is 7.81. The minimum Gasteiger partial charge on any atom is -0.480 e. The van der Waals surface area contributed by atoms with Crippen molar-refractivity contribution in [1.29, 1.82) is 0 Å². The molecule has 0 spiro atoms. The number of amides is 2. The number of rotatable bonds is 8. The molecular formula is C15H20N2O5S. The lowest BCUT2D eigenvalue weighted by Gasteiger charge is -2.23. The van der Waals surface area contributed by atoms with Crippen LogP contribution in [-0.2, 0) is 20.8 Å². The average molecular weight is 340 g/mol. The van der Waals surface area contributed by atoms with Gasteiger partial charge < -0.3 is 20.8 Å². The number of benzene rings is 1. The molecule has 0 bridgehead atoms. The zero-order valence-corrected chi connectivity index (χ0v) is 13.5. The van der Waals surface area contributed by atoms with Crippen molar-refractivity contribution in [2.24, 2.45) is 0 Å². The largest absolute Gasteiger partial charge is 0.480 e. The molecule has 0 aromatic heterocycles. The lowest BCUT2D eigenvalue weighted by atomic mass is 10.0. The standard InChI is InChI=1S/C15H20N2O5S/c1-9(18)13(17-12(19)8-23)14(20)16-11(15(21)22)7-10-5-3-2-4-6-10/h2-6,9,11,13,18,23H,7-8H2,1H3,(H,16,20)(H,17,19)(H,21,22)/t9-,11+,13+/m1/s1. The molecule has 0 aliphatic rings. The minimum atomic E-state index is -1.24. The summed E-state index contributed by atoms with van der Waals surface area (Å²) in [6.45, 7) is 1.33. The number of carbonyl (C=O) groups is 3. The van der Waals surface area contributed by atoms with Gasteiger partial charge in [0.2, 0.25) is 11.8 Å². The second-order valence-electron chi connectivity index (χ2n) is 5.03. The Kier molecular flexibility index (Phi) is 7.56. The van der Waals surface area contributed by atoms with Crippen LogP contribution >= 0.6 is 12.6 Å². The first-order valence-electron chi connectivity index (χ1n) is 7.00. The van der Waals surface area contributed by atoms with E-state index in [0.717, 1.165) is 5.56 Å². The van der Waals surface area contributed by atoms with Gasteiger partial charge in [-0.1, -0.05) is 30.3 Å². The molecule has 0 aliphatic carbocycles. The van der Waals surface area contributed by atoms with Crippen molar-refractivity contribution in [1.82, 2.24) is 10.6 Å². The Morgan fingerprint density at radius 1 is 1.17 bits per heavy atom. The molecule has 4 N–H and O–H groups in total. The number of aliphatic carboxylic acids is 1. The first kappa shape index (κ1) is 19.0. The van der Waals surface area contributed by atoms with E-state index in [1.54, 1.807) is 30.3 Å². The number of aliphatic hydroxyl groups is 1. The molecule has 3 atom stereocenters. The summed E-state index contributed by atoms with van der Waals surface area (Å²) in [7, 11) is 0. The SMILES string of the molecule is C[C@@H](O)[C@H](NC(=O)CS)C(=O)N[C@@H](Cc1ccccc1)C(=O)O. The normalized spacial score (nSPS) is 14.4. The van der Waals surface area contributed by atoms with Crippen LogP contribution in [0.15, 0.2) is 30.3 Å². The predicted octanol–water partition coefficient (Wildman–Crippen LogP) is -0.406. The van der Waals surface area contributed by atoms with Crippen molar-refractivity contribution < 1.29 is 24.6 Å². The van der Waals surface area contributed by atoms with Gasteiger partial charge in [0.05, 0.1) is 11.9 Å². The maximum atomic E-state index is 12.2. The number of aliphatic hydroxyl groups excluding tert-OH is 1. The van der Waals surface area contributed by atoms with E-state index < -0.39 is 36.0 Å². The molecule has 1 aromatic rings. The van der Waals surface area contributed by atoms with E-state index >= 15 is 0 Å². The molecular weight excluding hydrogens is 320 g/mol. The molecule has 1 rings (SSSR count). The van der Waals surface area contributed by atoms with E-state index in [9.17, 15) is 24.6 Å². The summed E-state index contributed by atoms with van der Waals surface area (Å²) in [6, 6.07) is 6.41. The Hall–Kier alpha value is -2.06. The van der Waals surface area contributed by atoms with Crippen LogP contribution in [0.25, 0.3) is 0 Å². The maximum Gasteiger partial charge on any atom is 0.326 e. The minimum absolute atomic E-state index is 0.0922. The number of hydrogen-bond acceptors (Lipinski definition) is 5. The fraction of sp³-hybridized carbons (Fsp3) is 0.400. The van der Waals surface area contributed by atoms with Crippen LogP contribution in [0, 0.1) is 0 Å². The number of nitrogens with one attached hydrogen (secondary N) is 2. The van der Waals surface area contributed by atoms with Crippen LogP contribution in [0.2, 0.25) is 0 Å². The van der Waals surface area contributed by atoms with Gasteiger partial charge in [0, 0.05) is 6.42 Å². The number of carboxylic acid groups (broad SMARTS) is 1. The van der Waals surface area contributed by atoms with Crippen LogP contribution < -0.4 is 10.6 Å². The van der Waals surface area contributed by atoms with E-state index in [2.05, 4.69) is 23.3 Å². The molecule has 23 heavy (non-hydrogen) atoms. The van der Waals surface area contributed by atoms with Crippen LogP contribution in [0.4, 0.5) is 0 Å². The Balaban J connectivity index is 2.79. The Morgan fingerprint density at radius 2 is 1.78 bits per heavy atom. The highest BCUT2D eigenvalue weighted by Gasteiger charge is 2.29. The zero-order valence-electron chi connectivity index (χ0n) is 12.6. The number of carboxylic acids is 1. The molecule has 0 saturated carbocycles. The molecule has 8 heteroatoms. The van der Waals surface area contributed by atoms with Gasteiger partial charge in [0.1, 0.15) is 12.1 Å². The summed E-state index contributed by atoms with van der Waals surface area (Å²) in [5.41, 5.74) is 0.744. The van der Waals surface area contributed by atoms with Gasteiger partial charge in [-0.15, -0.1) is 0 Å². The van der Waals surface area contributed by atoms with Gasteiger partial charge in [-0.05, 0) is 12.5 Å². The summed E-state index contributed by atoms with van der Waals surface area (Å²) < 4.78 is 0. The van der Waals surface area contributed by atoms with Gasteiger partial charge in [-0.2, -0.15) is 12.6 Å². The summed E-state index contributed by atoms with van der Waals surface area (Å²) in [5.74, 6) is -2.65. The number of hydrogen-bond donors (Lipinski definition) is 5. The van der Waals surface area contributed by atoms with Crippen molar-refractivity contribution in [3.05, 3.63) is 35.9 Å². The molecule has 0 aliphatic heterocycles. The third-order valence-corrected chi connectivity index (χ3v) is 3.41. The van der Waals surface area contributed by atoms with Crippen molar-refractivity contribution >= 4 is 30.4 Å². The van der Waals surface area contributed by atoms with Crippen LogP contribution in [-0.4, -0.2) is 51.9 Å². The maximum absolute atomic E-state index is 12.2. The lowest BCUT2D eigenvalue weighted by molar-refractivity contribution is -0.142. The molecule has 0 unspecified atom stereocenters. The predicted molar refractivity (Wildman–Crippen MR) is 87.2 cm³/mol. The first-order valence-corrected chi connectivity index (χ1v) is 7.63. The zero-order chi connectivity index (χ0) is 17.4. The van der Waals surface area contributed by atoms with Gasteiger partial charge in [0.15, 0.2) is 0 Å². The molecule has 0 fully saturated rings. The van der Waals surface area contributed by atoms with E-state index in [-0.39, 0.29) is 12.2 Å². The van der Waals surface area contributed by atoms with E-state index in [0.29, 0.717) is 0 Å². The summed E-state index contributed by atoms with van der Waals surface area (Å²) >= 11 is 3.78. The molecule has 1 aromatic carbocycles. The smallest absolute Gasteiger partial charge is 0.326 e. The quantitative estimate of drug-likeness (QED) is 0.413. The van der Waals surface area contributed by atoms with Gasteiger partial charge in [-0.25, -0.2) is 4.79 Å². The van der Waals surface area contributed by atoms with Crippen molar-refractivity contribution in [2.75, 3.05) is 5.75 Å². The average Bonchev–Trinajstić information content (AvgIpc) is 2.52. The molecule has 0 radical (unpaired) electrons. The summed E-state index contributed by atoms with van der Waals surface area (Å²) in [5, 5.41) is 23.5.